The van der Waals surface area contributed by atoms with Crippen LogP contribution >= 0.6 is 0 Å². The summed E-state index contributed by atoms with van der Waals surface area (Å²) in [5.74, 6) is 1.56. The predicted octanol–water partition coefficient (Wildman–Crippen LogP) is 2.37. The molecular weight excluding hydrogens is 176 g/mol. The van der Waals surface area contributed by atoms with Gasteiger partial charge in [-0.1, -0.05) is 6.07 Å². The number of aliphatic hydroxyl groups is 1. The van der Waals surface area contributed by atoms with Gasteiger partial charge in [-0.05, 0) is 42.9 Å². The number of aliphatic hydroxyl groups excluding tert-OH is 1. The van der Waals surface area contributed by atoms with E-state index in [-0.39, 0.29) is 6.61 Å². The fourth-order valence-corrected chi connectivity index (χ4v) is 1.94. The van der Waals surface area contributed by atoms with Gasteiger partial charge in [-0.25, -0.2) is 0 Å². The fraction of sp³-hybridized carbons (Fsp3) is 0.500. The minimum absolute atomic E-state index is 0.0601. The van der Waals surface area contributed by atoms with Crippen molar-refractivity contribution >= 4 is 0 Å². The van der Waals surface area contributed by atoms with Gasteiger partial charge in [0.05, 0.1) is 13.7 Å². The highest BCUT2D eigenvalue weighted by Crippen LogP contribution is 2.42. The highest BCUT2D eigenvalue weighted by molar-refractivity contribution is 5.45. The number of ether oxygens (including phenoxy) is 1. The minimum atomic E-state index is 0.0601. The maximum absolute atomic E-state index is 9.22. The molecule has 0 bridgehead atoms. The summed E-state index contributed by atoms with van der Waals surface area (Å²) in [6, 6.07) is 4.25. The van der Waals surface area contributed by atoms with Gasteiger partial charge in [0.2, 0.25) is 0 Å². The van der Waals surface area contributed by atoms with Crippen molar-refractivity contribution in [2.75, 3.05) is 7.11 Å². The molecular formula is C12H16O2. The molecule has 1 aliphatic carbocycles. The molecule has 1 N–H and O–H groups in total. The van der Waals surface area contributed by atoms with E-state index in [1.54, 1.807) is 7.11 Å². The van der Waals surface area contributed by atoms with Crippen molar-refractivity contribution in [2.45, 2.75) is 32.3 Å². The summed E-state index contributed by atoms with van der Waals surface area (Å²) in [5, 5.41) is 9.22. The summed E-state index contributed by atoms with van der Waals surface area (Å²) >= 11 is 0. The zero-order chi connectivity index (χ0) is 10.1. The molecule has 2 heteroatoms. The standard InChI is InChI=1S/C12H16O2/c1-8-5-10(9-3-4-9)6-11(7-13)12(8)14-2/h5-6,9,13H,3-4,7H2,1-2H3. The van der Waals surface area contributed by atoms with E-state index in [4.69, 9.17) is 4.74 Å². The van der Waals surface area contributed by atoms with Crippen molar-refractivity contribution in [2.24, 2.45) is 0 Å². The summed E-state index contributed by atoms with van der Waals surface area (Å²) in [4.78, 5) is 0. The lowest BCUT2D eigenvalue weighted by Crippen LogP contribution is -1.96. The zero-order valence-electron chi connectivity index (χ0n) is 8.71. The third kappa shape index (κ3) is 1.62. The smallest absolute Gasteiger partial charge is 0.127 e. The van der Waals surface area contributed by atoms with E-state index in [1.165, 1.54) is 18.4 Å². The predicted molar refractivity (Wildman–Crippen MR) is 55.6 cm³/mol. The second-order valence-electron chi connectivity index (χ2n) is 3.96. The molecule has 0 aromatic heterocycles. The Bertz CT molecular complexity index is 340. The van der Waals surface area contributed by atoms with E-state index in [1.807, 2.05) is 6.92 Å². The van der Waals surface area contributed by atoms with Gasteiger partial charge in [-0.3, -0.25) is 0 Å². The minimum Gasteiger partial charge on any atom is -0.496 e. The topological polar surface area (TPSA) is 29.5 Å². The first kappa shape index (κ1) is 9.53. The Morgan fingerprint density at radius 1 is 1.43 bits per heavy atom. The molecule has 0 unspecified atom stereocenters. The molecule has 0 atom stereocenters. The molecule has 0 amide bonds. The van der Waals surface area contributed by atoms with Gasteiger partial charge in [0.25, 0.3) is 0 Å². The molecule has 1 aromatic rings. The van der Waals surface area contributed by atoms with Gasteiger partial charge < -0.3 is 9.84 Å². The van der Waals surface area contributed by atoms with Gasteiger partial charge >= 0.3 is 0 Å². The van der Waals surface area contributed by atoms with E-state index < -0.39 is 0 Å². The van der Waals surface area contributed by atoms with Gasteiger partial charge in [-0.2, -0.15) is 0 Å². The van der Waals surface area contributed by atoms with Crippen molar-refractivity contribution in [3.8, 4) is 5.75 Å². The SMILES string of the molecule is COc1c(C)cc(C2CC2)cc1CO. The average molecular weight is 192 g/mol. The molecule has 2 nitrogen and oxygen atoms in total. The summed E-state index contributed by atoms with van der Waals surface area (Å²) in [6.07, 6.45) is 2.58. The lowest BCUT2D eigenvalue weighted by molar-refractivity contribution is 0.273. The highest BCUT2D eigenvalue weighted by atomic mass is 16.5. The quantitative estimate of drug-likeness (QED) is 0.796. The molecule has 76 valence electrons. The van der Waals surface area contributed by atoms with Crippen LogP contribution in [-0.4, -0.2) is 12.2 Å². The number of aryl methyl sites for hydroxylation is 1. The summed E-state index contributed by atoms with van der Waals surface area (Å²) < 4.78 is 5.26. The number of hydrogen-bond acceptors (Lipinski definition) is 2. The first-order chi connectivity index (χ1) is 6.76. The van der Waals surface area contributed by atoms with Crippen LogP contribution in [0.15, 0.2) is 12.1 Å². The van der Waals surface area contributed by atoms with Crippen molar-refractivity contribution < 1.29 is 9.84 Å². The van der Waals surface area contributed by atoms with Crippen LogP contribution in [0.25, 0.3) is 0 Å². The summed E-state index contributed by atoms with van der Waals surface area (Å²) in [5.41, 5.74) is 3.39. The molecule has 0 heterocycles. The van der Waals surface area contributed by atoms with Gasteiger partial charge in [0, 0.05) is 5.56 Å². The van der Waals surface area contributed by atoms with Gasteiger partial charge in [0.1, 0.15) is 5.75 Å². The van der Waals surface area contributed by atoms with E-state index in [2.05, 4.69) is 12.1 Å². The van der Waals surface area contributed by atoms with Crippen LogP contribution in [0.1, 0.15) is 35.4 Å². The molecule has 1 saturated carbocycles. The second kappa shape index (κ2) is 3.62. The first-order valence-corrected chi connectivity index (χ1v) is 5.04. The average Bonchev–Trinajstić information content (AvgIpc) is 2.99. The molecule has 0 radical (unpaired) electrons. The van der Waals surface area contributed by atoms with Crippen LogP contribution in [0.5, 0.6) is 5.75 Å². The Kier molecular flexibility index (Phi) is 2.46. The van der Waals surface area contributed by atoms with Crippen molar-refractivity contribution in [3.05, 3.63) is 28.8 Å². The maximum atomic E-state index is 9.22. The van der Waals surface area contributed by atoms with Crippen LogP contribution in [0.2, 0.25) is 0 Å². The number of methoxy groups -OCH3 is 1. The zero-order valence-corrected chi connectivity index (χ0v) is 8.71. The lowest BCUT2D eigenvalue weighted by Gasteiger charge is -2.12. The maximum Gasteiger partial charge on any atom is 0.127 e. The molecule has 1 aromatic carbocycles. The Labute approximate surface area is 84.5 Å². The van der Waals surface area contributed by atoms with E-state index >= 15 is 0 Å². The molecule has 1 fully saturated rings. The van der Waals surface area contributed by atoms with Crippen LogP contribution < -0.4 is 4.74 Å². The van der Waals surface area contributed by atoms with Crippen LogP contribution in [-0.2, 0) is 6.61 Å². The normalized spacial score (nSPS) is 15.6. The number of benzene rings is 1. The molecule has 0 saturated heterocycles. The fourth-order valence-electron chi connectivity index (χ4n) is 1.94. The summed E-state index contributed by atoms with van der Waals surface area (Å²) in [7, 11) is 1.65. The third-order valence-electron chi connectivity index (χ3n) is 2.80. The molecule has 0 aliphatic heterocycles. The molecule has 2 rings (SSSR count). The lowest BCUT2D eigenvalue weighted by atomic mass is 10.0. The monoisotopic (exact) mass is 192 g/mol. The van der Waals surface area contributed by atoms with Crippen molar-refractivity contribution in [1.29, 1.82) is 0 Å². The van der Waals surface area contributed by atoms with E-state index in [0.29, 0.717) is 0 Å². The largest absolute Gasteiger partial charge is 0.496 e. The van der Waals surface area contributed by atoms with Gasteiger partial charge in [-0.15, -0.1) is 0 Å². The van der Waals surface area contributed by atoms with Crippen LogP contribution in [0.3, 0.4) is 0 Å². The molecule has 0 spiro atoms. The van der Waals surface area contributed by atoms with Crippen LogP contribution in [0, 0.1) is 6.92 Å². The van der Waals surface area contributed by atoms with Crippen molar-refractivity contribution in [3.63, 3.8) is 0 Å². The molecule has 14 heavy (non-hydrogen) atoms. The molecule has 1 aliphatic rings. The Balaban J connectivity index is 2.43. The Hall–Kier alpha value is -1.02. The first-order valence-electron chi connectivity index (χ1n) is 5.04. The second-order valence-corrected chi connectivity index (χ2v) is 3.96. The van der Waals surface area contributed by atoms with Crippen LogP contribution in [0.4, 0.5) is 0 Å². The van der Waals surface area contributed by atoms with Crippen molar-refractivity contribution in [1.82, 2.24) is 0 Å². The Morgan fingerprint density at radius 3 is 2.64 bits per heavy atom. The van der Waals surface area contributed by atoms with E-state index in [9.17, 15) is 5.11 Å². The highest BCUT2D eigenvalue weighted by Gasteiger charge is 2.24. The summed E-state index contributed by atoms with van der Waals surface area (Å²) in [6.45, 7) is 2.09. The van der Waals surface area contributed by atoms with E-state index in [0.717, 1.165) is 22.8 Å². The Morgan fingerprint density at radius 2 is 2.14 bits per heavy atom. The number of hydrogen-bond donors (Lipinski definition) is 1. The van der Waals surface area contributed by atoms with Gasteiger partial charge in [0.15, 0.2) is 0 Å². The number of rotatable bonds is 3. The third-order valence-corrected chi connectivity index (χ3v) is 2.80.